The molecule has 0 unspecified atom stereocenters. The Kier molecular flexibility index (Phi) is 8.30. The van der Waals surface area contributed by atoms with Gasteiger partial charge in [-0.2, -0.15) is 13.2 Å². The number of morpholine rings is 1. The molecular weight excluding hydrogens is 364 g/mol. The van der Waals surface area contributed by atoms with Gasteiger partial charge in [0.05, 0.1) is 25.3 Å². The average Bonchev–Trinajstić information content (AvgIpc) is 2.64. The number of guanidine groups is 1. The van der Waals surface area contributed by atoms with Crippen LogP contribution < -0.4 is 10.6 Å². The predicted molar refractivity (Wildman–Crippen MR) is 96.1 cm³/mol. The van der Waals surface area contributed by atoms with Crippen LogP contribution in [-0.2, 0) is 17.5 Å². The lowest BCUT2D eigenvalue weighted by Gasteiger charge is -2.26. The zero-order chi connectivity index (χ0) is 19.7. The molecule has 9 heteroatoms. The van der Waals surface area contributed by atoms with Gasteiger partial charge in [0, 0.05) is 26.2 Å². The number of alkyl halides is 3. The monoisotopic (exact) mass is 390 g/mol. The van der Waals surface area contributed by atoms with Gasteiger partial charge in [0.2, 0.25) is 0 Å². The van der Waals surface area contributed by atoms with Crippen LogP contribution in [0, 0.1) is 5.82 Å². The van der Waals surface area contributed by atoms with E-state index in [4.69, 9.17) is 4.74 Å². The smallest absolute Gasteiger partial charge is 0.379 e. The molecule has 1 aromatic rings. The highest BCUT2D eigenvalue weighted by atomic mass is 19.4. The summed E-state index contributed by atoms with van der Waals surface area (Å²) in [6.45, 7) is 7.18. The number of benzene rings is 1. The Hall–Kier alpha value is -1.87. The highest BCUT2D eigenvalue weighted by molar-refractivity contribution is 5.79. The summed E-state index contributed by atoms with van der Waals surface area (Å²) in [6.07, 6.45) is -3.73. The van der Waals surface area contributed by atoms with Gasteiger partial charge in [-0.05, 0) is 37.6 Å². The molecule has 0 aliphatic carbocycles. The molecule has 2 rings (SSSR count). The van der Waals surface area contributed by atoms with E-state index in [0.717, 1.165) is 51.4 Å². The zero-order valence-corrected chi connectivity index (χ0v) is 15.4. The van der Waals surface area contributed by atoms with Gasteiger partial charge in [0.15, 0.2) is 5.96 Å². The van der Waals surface area contributed by atoms with Crippen molar-refractivity contribution in [3.63, 3.8) is 0 Å². The third-order valence-electron chi connectivity index (χ3n) is 4.18. The molecular formula is C18H26F4N4O. The average molecular weight is 390 g/mol. The Balaban J connectivity index is 1.91. The van der Waals surface area contributed by atoms with Crippen LogP contribution in [0.2, 0.25) is 0 Å². The van der Waals surface area contributed by atoms with E-state index in [1.54, 1.807) is 0 Å². The number of nitrogens with one attached hydrogen (secondary N) is 2. The minimum Gasteiger partial charge on any atom is -0.379 e. The fraction of sp³-hybridized carbons (Fsp3) is 0.611. The van der Waals surface area contributed by atoms with E-state index in [2.05, 4.69) is 20.5 Å². The molecule has 152 valence electrons. The molecule has 1 aromatic carbocycles. The van der Waals surface area contributed by atoms with Crippen LogP contribution in [0.1, 0.15) is 24.5 Å². The van der Waals surface area contributed by atoms with Gasteiger partial charge >= 0.3 is 6.18 Å². The van der Waals surface area contributed by atoms with Crippen LogP contribution in [0.25, 0.3) is 0 Å². The summed E-state index contributed by atoms with van der Waals surface area (Å²) in [6, 6.07) is 2.65. The van der Waals surface area contributed by atoms with E-state index in [9.17, 15) is 17.6 Å². The van der Waals surface area contributed by atoms with E-state index in [1.807, 2.05) is 6.92 Å². The first-order chi connectivity index (χ1) is 12.9. The number of aliphatic imine (C=N–C) groups is 1. The Bertz CT molecular complexity index is 616. The van der Waals surface area contributed by atoms with Crippen LogP contribution in [0.5, 0.6) is 0 Å². The normalized spacial score (nSPS) is 16.4. The minimum absolute atomic E-state index is 0.0607. The first-order valence-corrected chi connectivity index (χ1v) is 9.08. The van der Waals surface area contributed by atoms with Gasteiger partial charge in [-0.1, -0.05) is 6.07 Å². The van der Waals surface area contributed by atoms with Crippen LogP contribution in [0.15, 0.2) is 23.2 Å². The molecule has 1 saturated heterocycles. The van der Waals surface area contributed by atoms with Gasteiger partial charge in [0.1, 0.15) is 5.82 Å². The lowest BCUT2D eigenvalue weighted by molar-refractivity contribution is -0.138. The highest BCUT2D eigenvalue weighted by Crippen LogP contribution is 2.32. The van der Waals surface area contributed by atoms with E-state index in [-0.39, 0.29) is 12.1 Å². The Morgan fingerprint density at radius 3 is 2.63 bits per heavy atom. The molecule has 5 nitrogen and oxygen atoms in total. The van der Waals surface area contributed by atoms with Crippen LogP contribution >= 0.6 is 0 Å². The number of hydrogen-bond donors (Lipinski definition) is 2. The Morgan fingerprint density at radius 1 is 1.22 bits per heavy atom. The molecule has 0 saturated carbocycles. The van der Waals surface area contributed by atoms with E-state index in [0.29, 0.717) is 25.1 Å². The van der Waals surface area contributed by atoms with Gasteiger partial charge < -0.3 is 15.4 Å². The number of rotatable bonds is 7. The van der Waals surface area contributed by atoms with Crippen molar-refractivity contribution in [2.24, 2.45) is 4.99 Å². The molecule has 0 aromatic heterocycles. The molecule has 0 spiro atoms. The summed E-state index contributed by atoms with van der Waals surface area (Å²) in [5, 5.41) is 6.14. The first kappa shape index (κ1) is 21.4. The first-order valence-electron chi connectivity index (χ1n) is 9.08. The molecule has 0 amide bonds. The molecule has 1 fully saturated rings. The van der Waals surface area contributed by atoms with Crippen LogP contribution in [-0.4, -0.2) is 56.8 Å². The standard InChI is InChI=1S/C18H26F4N4O/c1-2-23-17(24-6-3-7-26-8-10-27-11-9-26)25-13-14-4-5-15(19)12-16(14)18(20,21)22/h4-5,12H,2-3,6-11,13H2,1H3,(H2,23,24,25). The molecule has 0 radical (unpaired) electrons. The van der Waals surface area contributed by atoms with Crippen molar-refractivity contribution in [3.8, 4) is 0 Å². The van der Waals surface area contributed by atoms with Crippen LogP contribution in [0.3, 0.4) is 0 Å². The van der Waals surface area contributed by atoms with Gasteiger partial charge in [-0.25, -0.2) is 9.38 Å². The topological polar surface area (TPSA) is 48.9 Å². The molecule has 2 N–H and O–H groups in total. The third kappa shape index (κ3) is 7.34. The fourth-order valence-electron chi connectivity index (χ4n) is 2.79. The molecule has 1 heterocycles. The largest absolute Gasteiger partial charge is 0.416 e. The molecule has 27 heavy (non-hydrogen) atoms. The second-order valence-corrected chi connectivity index (χ2v) is 6.23. The van der Waals surface area contributed by atoms with E-state index >= 15 is 0 Å². The van der Waals surface area contributed by atoms with Crippen molar-refractivity contribution in [1.29, 1.82) is 0 Å². The molecule has 1 aliphatic rings. The van der Waals surface area contributed by atoms with Crippen molar-refractivity contribution in [3.05, 3.63) is 35.1 Å². The van der Waals surface area contributed by atoms with Crippen LogP contribution in [0.4, 0.5) is 17.6 Å². The number of halogens is 4. The van der Waals surface area contributed by atoms with Gasteiger partial charge in [-0.3, -0.25) is 4.90 Å². The van der Waals surface area contributed by atoms with Crippen molar-refractivity contribution in [2.45, 2.75) is 26.1 Å². The number of nitrogens with zero attached hydrogens (tertiary/aromatic N) is 2. The maximum absolute atomic E-state index is 13.2. The third-order valence-corrected chi connectivity index (χ3v) is 4.18. The van der Waals surface area contributed by atoms with Gasteiger partial charge in [-0.15, -0.1) is 0 Å². The zero-order valence-electron chi connectivity index (χ0n) is 15.4. The lowest BCUT2D eigenvalue weighted by Crippen LogP contribution is -2.40. The summed E-state index contributed by atoms with van der Waals surface area (Å²) >= 11 is 0. The maximum Gasteiger partial charge on any atom is 0.416 e. The lowest BCUT2D eigenvalue weighted by atomic mass is 10.1. The Labute approximate surface area is 156 Å². The summed E-state index contributed by atoms with van der Waals surface area (Å²) in [5.74, 6) is -0.472. The predicted octanol–water partition coefficient (Wildman–Crippen LogP) is 2.62. The van der Waals surface area contributed by atoms with E-state index < -0.39 is 17.6 Å². The minimum atomic E-state index is -4.61. The summed E-state index contributed by atoms with van der Waals surface area (Å²) in [5.41, 5.74) is -1.05. The number of ether oxygens (including phenoxy) is 1. The maximum atomic E-state index is 13.2. The Morgan fingerprint density at radius 2 is 1.96 bits per heavy atom. The summed E-state index contributed by atoms with van der Waals surface area (Å²) in [4.78, 5) is 6.52. The van der Waals surface area contributed by atoms with Gasteiger partial charge in [0.25, 0.3) is 0 Å². The summed E-state index contributed by atoms with van der Waals surface area (Å²) in [7, 11) is 0. The quantitative estimate of drug-likeness (QED) is 0.325. The molecule has 0 atom stereocenters. The molecule has 0 bridgehead atoms. The molecule has 1 aliphatic heterocycles. The van der Waals surface area contributed by atoms with Crippen molar-refractivity contribution in [1.82, 2.24) is 15.5 Å². The second kappa shape index (κ2) is 10.5. The van der Waals surface area contributed by atoms with Crippen molar-refractivity contribution in [2.75, 3.05) is 45.9 Å². The SMILES string of the molecule is CCNC(=NCc1ccc(F)cc1C(F)(F)F)NCCCN1CCOCC1. The van der Waals surface area contributed by atoms with E-state index in [1.165, 1.54) is 0 Å². The summed E-state index contributed by atoms with van der Waals surface area (Å²) < 4.78 is 57.7. The second-order valence-electron chi connectivity index (χ2n) is 6.23. The number of hydrogen-bond acceptors (Lipinski definition) is 3. The van der Waals surface area contributed by atoms with Crippen molar-refractivity contribution >= 4 is 5.96 Å². The van der Waals surface area contributed by atoms with Crippen molar-refractivity contribution < 1.29 is 22.3 Å². The fourth-order valence-corrected chi connectivity index (χ4v) is 2.79. The highest BCUT2D eigenvalue weighted by Gasteiger charge is 2.33.